The molecule has 0 aliphatic heterocycles. The van der Waals surface area contributed by atoms with Crippen molar-refractivity contribution in [2.75, 3.05) is 10.7 Å². The molecule has 2 aromatic rings. The molecule has 0 atom stereocenters. The summed E-state index contributed by atoms with van der Waals surface area (Å²) in [5, 5.41) is 2.73. The highest BCUT2D eigenvalue weighted by Gasteiger charge is 2.11. The van der Waals surface area contributed by atoms with Crippen molar-refractivity contribution in [3.05, 3.63) is 46.4 Å². The van der Waals surface area contributed by atoms with E-state index in [9.17, 15) is 8.78 Å². The topological polar surface area (TPSA) is 63.0 Å². The van der Waals surface area contributed by atoms with Crippen LogP contribution in [0.25, 0.3) is 0 Å². The summed E-state index contributed by atoms with van der Waals surface area (Å²) in [6, 6.07) is 7.73. The number of nitrogens with one attached hydrogen (secondary N) is 2. The lowest BCUT2D eigenvalue weighted by molar-refractivity contribution is 0.579. The lowest BCUT2D eigenvalue weighted by atomic mass is 10.3. The van der Waals surface area contributed by atoms with Crippen molar-refractivity contribution < 1.29 is 8.78 Å². The first-order valence-corrected chi connectivity index (χ1v) is 5.74. The number of halogens is 3. The van der Waals surface area contributed by atoms with Crippen molar-refractivity contribution in [3.8, 4) is 0 Å². The Morgan fingerprint density at radius 2 is 1.67 bits per heavy atom. The number of pyridine rings is 1. The standard InChI is InChI=1S/C11H9BrF2N4/c12-6-1-3-7(4-2-6)16-10-8(13)5-9(14)11(17-10)18-15/h1-5H,15H2,(H2,16,17,18). The monoisotopic (exact) mass is 314 g/mol. The van der Waals surface area contributed by atoms with Gasteiger partial charge in [0, 0.05) is 16.2 Å². The van der Waals surface area contributed by atoms with Crippen molar-refractivity contribution in [3.63, 3.8) is 0 Å². The molecule has 18 heavy (non-hydrogen) atoms. The summed E-state index contributed by atoms with van der Waals surface area (Å²) in [5.41, 5.74) is 2.68. The number of benzene rings is 1. The number of nitrogen functional groups attached to an aromatic ring is 1. The third-order valence-corrected chi connectivity index (χ3v) is 2.70. The van der Waals surface area contributed by atoms with Gasteiger partial charge in [0.25, 0.3) is 0 Å². The van der Waals surface area contributed by atoms with Gasteiger partial charge in [0.2, 0.25) is 0 Å². The Morgan fingerprint density at radius 1 is 1.06 bits per heavy atom. The number of rotatable bonds is 3. The fourth-order valence-corrected chi connectivity index (χ4v) is 1.59. The van der Waals surface area contributed by atoms with Crippen LogP contribution >= 0.6 is 15.9 Å². The summed E-state index contributed by atoms with van der Waals surface area (Å²) < 4.78 is 27.5. The summed E-state index contributed by atoms with van der Waals surface area (Å²) in [4.78, 5) is 3.70. The second kappa shape index (κ2) is 5.28. The second-order valence-corrected chi connectivity index (χ2v) is 4.34. The normalized spacial score (nSPS) is 10.2. The van der Waals surface area contributed by atoms with E-state index < -0.39 is 11.6 Å². The Labute approximate surface area is 110 Å². The van der Waals surface area contributed by atoms with E-state index in [-0.39, 0.29) is 11.6 Å². The molecule has 0 aliphatic carbocycles. The van der Waals surface area contributed by atoms with Crippen LogP contribution in [0.1, 0.15) is 0 Å². The number of anilines is 3. The third-order valence-electron chi connectivity index (χ3n) is 2.17. The first-order chi connectivity index (χ1) is 8.60. The first-order valence-electron chi connectivity index (χ1n) is 4.95. The quantitative estimate of drug-likeness (QED) is 0.601. The minimum absolute atomic E-state index is 0.105. The molecule has 7 heteroatoms. The Kier molecular flexibility index (Phi) is 3.73. The minimum Gasteiger partial charge on any atom is -0.338 e. The van der Waals surface area contributed by atoms with Crippen molar-refractivity contribution in [1.82, 2.24) is 4.98 Å². The Hall–Kier alpha value is -1.73. The van der Waals surface area contributed by atoms with Gasteiger partial charge in [-0.15, -0.1) is 0 Å². The zero-order chi connectivity index (χ0) is 13.1. The highest BCUT2D eigenvalue weighted by atomic mass is 79.9. The second-order valence-electron chi connectivity index (χ2n) is 3.43. The predicted molar refractivity (Wildman–Crippen MR) is 69.4 cm³/mol. The third kappa shape index (κ3) is 2.74. The van der Waals surface area contributed by atoms with E-state index in [1.165, 1.54) is 0 Å². The molecule has 0 aliphatic rings. The first kappa shape index (κ1) is 12.7. The molecule has 0 bridgehead atoms. The van der Waals surface area contributed by atoms with Gasteiger partial charge in [-0.05, 0) is 24.3 Å². The van der Waals surface area contributed by atoms with Gasteiger partial charge in [-0.25, -0.2) is 19.6 Å². The van der Waals surface area contributed by atoms with Crippen LogP contribution in [0.15, 0.2) is 34.8 Å². The fraction of sp³-hybridized carbons (Fsp3) is 0. The molecule has 0 fully saturated rings. The van der Waals surface area contributed by atoms with Gasteiger partial charge in [-0.2, -0.15) is 0 Å². The molecule has 1 heterocycles. The van der Waals surface area contributed by atoms with Gasteiger partial charge in [0.1, 0.15) is 0 Å². The predicted octanol–water partition coefficient (Wildman–Crippen LogP) is 3.15. The Morgan fingerprint density at radius 3 is 2.28 bits per heavy atom. The number of nitrogens with zero attached hydrogens (tertiary/aromatic N) is 1. The van der Waals surface area contributed by atoms with Gasteiger partial charge >= 0.3 is 0 Å². The number of hydrogen-bond donors (Lipinski definition) is 3. The highest BCUT2D eigenvalue weighted by Crippen LogP contribution is 2.23. The van der Waals surface area contributed by atoms with E-state index in [0.717, 1.165) is 4.47 Å². The summed E-state index contributed by atoms with van der Waals surface area (Å²) >= 11 is 3.28. The molecule has 4 nitrogen and oxygen atoms in total. The molecular weight excluding hydrogens is 306 g/mol. The molecule has 4 N–H and O–H groups in total. The van der Waals surface area contributed by atoms with Gasteiger partial charge in [0.15, 0.2) is 23.3 Å². The number of hydrogen-bond acceptors (Lipinski definition) is 4. The van der Waals surface area contributed by atoms with E-state index in [0.29, 0.717) is 11.8 Å². The maximum Gasteiger partial charge on any atom is 0.178 e. The molecule has 0 spiro atoms. The maximum atomic E-state index is 13.5. The highest BCUT2D eigenvalue weighted by molar-refractivity contribution is 9.10. The zero-order valence-electron chi connectivity index (χ0n) is 9.05. The molecule has 0 saturated heterocycles. The molecule has 94 valence electrons. The molecular formula is C11H9BrF2N4. The molecule has 2 rings (SSSR count). The molecule has 0 amide bonds. The smallest absolute Gasteiger partial charge is 0.178 e. The van der Waals surface area contributed by atoms with Crippen LogP contribution in [0, 0.1) is 11.6 Å². The van der Waals surface area contributed by atoms with E-state index in [1.54, 1.807) is 24.3 Å². The lowest BCUT2D eigenvalue weighted by Gasteiger charge is -2.09. The van der Waals surface area contributed by atoms with Gasteiger partial charge < -0.3 is 10.7 Å². The van der Waals surface area contributed by atoms with Gasteiger partial charge in [-0.1, -0.05) is 15.9 Å². The van der Waals surface area contributed by atoms with Crippen LogP contribution in [0.2, 0.25) is 0 Å². The maximum absolute atomic E-state index is 13.5. The van der Waals surface area contributed by atoms with Gasteiger partial charge in [-0.3, -0.25) is 0 Å². The van der Waals surface area contributed by atoms with Crippen molar-refractivity contribution in [2.45, 2.75) is 0 Å². The zero-order valence-corrected chi connectivity index (χ0v) is 10.6. The minimum atomic E-state index is -0.851. The van der Waals surface area contributed by atoms with Crippen molar-refractivity contribution >= 4 is 33.3 Å². The van der Waals surface area contributed by atoms with E-state index in [1.807, 2.05) is 0 Å². The van der Waals surface area contributed by atoms with Crippen LogP contribution in [-0.4, -0.2) is 4.98 Å². The Bertz CT molecular complexity index is 560. The number of nitrogens with two attached hydrogens (primary N) is 1. The van der Waals surface area contributed by atoms with Gasteiger partial charge in [0.05, 0.1) is 0 Å². The van der Waals surface area contributed by atoms with Crippen molar-refractivity contribution in [2.24, 2.45) is 5.84 Å². The molecule has 0 unspecified atom stereocenters. The summed E-state index contributed by atoms with van der Waals surface area (Å²) in [7, 11) is 0. The molecule has 1 aromatic carbocycles. The fourth-order valence-electron chi connectivity index (χ4n) is 1.33. The summed E-state index contributed by atoms with van der Waals surface area (Å²) in [6.07, 6.45) is 0. The number of aromatic nitrogens is 1. The van der Waals surface area contributed by atoms with E-state index in [2.05, 4.69) is 31.7 Å². The molecule has 0 saturated carbocycles. The SMILES string of the molecule is NNc1nc(Nc2ccc(Br)cc2)c(F)cc1F. The van der Waals surface area contributed by atoms with E-state index in [4.69, 9.17) is 5.84 Å². The van der Waals surface area contributed by atoms with Crippen LogP contribution in [0.5, 0.6) is 0 Å². The largest absolute Gasteiger partial charge is 0.338 e. The Balaban J connectivity index is 2.31. The van der Waals surface area contributed by atoms with Crippen molar-refractivity contribution in [1.29, 1.82) is 0 Å². The average molecular weight is 315 g/mol. The average Bonchev–Trinajstić information content (AvgIpc) is 2.35. The van der Waals surface area contributed by atoms with Crippen LogP contribution < -0.4 is 16.6 Å². The van der Waals surface area contributed by atoms with Crippen LogP contribution in [0.3, 0.4) is 0 Å². The molecule has 0 radical (unpaired) electrons. The summed E-state index contributed by atoms with van der Waals surface area (Å²) in [5.74, 6) is 3.10. The van der Waals surface area contributed by atoms with Crippen LogP contribution in [0.4, 0.5) is 26.1 Å². The van der Waals surface area contributed by atoms with Crippen LogP contribution in [-0.2, 0) is 0 Å². The lowest BCUT2D eigenvalue weighted by Crippen LogP contribution is -2.12. The number of hydrazine groups is 1. The summed E-state index contributed by atoms with van der Waals surface area (Å²) in [6.45, 7) is 0. The molecule has 1 aromatic heterocycles. The van der Waals surface area contributed by atoms with E-state index >= 15 is 0 Å².